The quantitative estimate of drug-likeness (QED) is 0.0709. The second kappa shape index (κ2) is 15.8. The summed E-state index contributed by atoms with van der Waals surface area (Å²) in [6, 6.07) is 7.47. The topological polar surface area (TPSA) is 190 Å². The standard InChI is InChI=1S/C24H34ClIN8O5/c25-21-23(28)33-22(27)20(32-21)24(37)30-13-18(26)34(8-10-38-11-9-35)16-2-1-3-17(12-16)39-14-19(36)31-15-4-6-29-7-5-15/h1-3,12,15,18,29,35H,4-11,13-14H2,(H,30,37)(H,31,36)(H4,27,28,33). The van der Waals surface area contributed by atoms with Crippen LogP contribution in [0.1, 0.15) is 23.3 Å². The molecule has 1 aliphatic rings. The molecule has 214 valence electrons. The van der Waals surface area contributed by atoms with E-state index in [0.717, 1.165) is 31.6 Å². The third-order valence-electron chi connectivity index (χ3n) is 5.82. The number of aliphatic hydroxyl groups is 1. The van der Waals surface area contributed by atoms with E-state index in [2.05, 4.69) is 48.5 Å². The predicted molar refractivity (Wildman–Crippen MR) is 157 cm³/mol. The number of aliphatic hydroxyl groups excluding tert-OH is 1. The SMILES string of the molecule is Nc1nc(N)c(C(=O)NCC(I)N(CCOCCO)c2cccc(OCC(=O)NC3CCNCC3)c2)nc1Cl. The summed E-state index contributed by atoms with van der Waals surface area (Å²) in [5, 5.41) is 18.0. The van der Waals surface area contributed by atoms with E-state index < -0.39 is 5.91 Å². The number of piperidine rings is 1. The van der Waals surface area contributed by atoms with Crippen molar-refractivity contribution in [3.05, 3.63) is 35.1 Å². The lowest BCUT2D eigenvalue weighted by molar-refractivity contribution is -0.123. The smallest absolute Gasteiger partial charge is 0.273 e. The van der Waals surface area contributed by atoms with Gasteiger partial charge < -0.3 is 46.9 Å². The largest absolute Gasteiger partial charge is 0.484 e. The number of nitrogen functional groups attached to an aromatic ring is 2. The van der Waals surface area contributed by atoms with Gasteiger partial charge in [-0.2, -0.15) is 0 Å². The summed E-state index contributed by atoms with van der Waals surface area (Å²) in [5.41, 5.74) is 12.1. The number of hydrogen-bond donors (Lipinski definition) is 6. The number of anilines is 3. The summed E-state index contributed by atoms with van der Waals surface area (Å²) in [6.07, 6.45) is 1.79. The molecule has 39 heavy (non-hydrogen) atoms. The molecule has 0 bridgehead atoms. The number of ether oxygens (including phenoxy) is 2. The van der Waals surface area contributed by atoms with Crippen LogP contribution in [0.2, 0.25) is 5.15 Å². The highest BCUT2D eigenvalue weighted by Crippen LogP contribution is 2.25. The van der Waals surface area contributed by atoms with Crippen LogP contribution in [0.5, 0.6) is 5.75 Å². The Hall–Kier alpha value is -2.66. The molecule has 1 saturated heterocycles. The number of benzene rings is 1. The van der Waals surface area contributed by atoms with Crippen molar-refractivity contribution in [2.45, 2.75) is 22.9 Å². The number of alkyl halides is 1. The minimum Gasteiger partial charge on any atom is -0.484 e. The Kier molecular flexibility index (Phi) is 12.5. The first kappa shape index (κ1) is 30.9. The molecule has 8 N–H and O–H groups in total. The van der Waals surface area contributed by atoms with Crippen molar-refractivity contribution in [1.29, 1.82) is 0 Å². The molecule has 2 heterocycles. The maximum absolute atomic E-state index is 12.7. The van der Waals surface area contributed by atoms with E-state index in [-0.39, 0.29) is 64.8 Å². The van der Waals surface area contributed by atoms with Gasteiger partial charge >= 0.3 is 0 Å². The van der Waals surface area contributed by atoms with Crippen LogP contribution in [0.25, 0.3) is 0 Å². The van der Waals surface area contributed by atoms with Crippen LogP contribution < -0.4 is 37.1 Å². The number of carbonyl (C=O) groups is 2. The Morgan fingerprint density at radius 2 is 2.00 bits per heavy atom. The number of rotatable bonds is 14. The zero-order valence-corrected chi connectivity index (χ0v) is 24.3. The number of nitrogens with zero attached hydrogens (tertiary/aromatic N) is 3. The number of halogens is 2. The van der Waals surface area contributed by atoms with Crippen LogP contribution in [0.15, 0.2) is 24.3 Å². The maximum atomic E-state index is 12.7. The fraction of sp³-hybridized carbons (Fsp3) is 0.500. The third kappa shape index (κ3) is 9.79. The van der Waals surface area contributed by atoms with Crippen molar-refractivity contribution >= 4 is 63.3 Å². The summed E-state index contributed by atoms with van der Waals surface area (Å²) >= 11 is 8.10. The highest BCUT2D eigenvalue weighted by Gasteiger charge is 2.21. The Morgan fingerprint density at radius 1 is 1.23 bits per heavy atom. The molecule has 1 unspecified atom stereocenters. The first-order chi connectivity index (χ1) is 18.8. The van der Waals surface area contributed by atoms with Crippen molar-refractivity contribution < 1.29 is 24.2 Å². The van der Waals surface area contributed by atoms with Gasteiger partial charge in [-0.3, -0.25) is 9.59 Å². The highest BCUT2D eigenvalue weighted by atomic mass is 127. The van der Waals surface area contributed by atoms with Gasteiger partial charge in [-0.1, -0.05) is 40.3 Å². The van der Waals surface area contributed by atoms with Gasteiger partial charge in [0.25, 0.3) is 11.8 Å². The number of carbonyl (C=O) groups excluding carboxylic acids is 2. The monoisotopic (exact) mass is 676 g/mol. The van der Waals surface area contributed by atoms with Crippen molar-refractivity contribution in [2.24, 2.45) is 0 Å². The second-order valence-corrected chi connectivity index (χ2v) is 10.5. The molecule has 2 aromatic rings. The normalized spacial score (nSPS) is 14.4. The maximum Gasteiger partial charge on any atom is 0.273 e. The van der Waals surface area contributed by atoms with Crippen LogP contribution in [-0.4, -0.2) is 89.6 Å². The molecule has 13 nitrogen and oxygen atoms in total. The van der Waals surface area contributed by atoms with Crippen LogP contribution in [-0.2, 0) is 9.53 Å². The molecule has 1 fully saturated rings. The number of nitrogens with two attached hydrogens (primary N) is 2. The third-order valence-corrected chi connectivity index (χ3v) is 7.22. The highest BCUT2D eigenvalue weighted by molar-refractivity contribution is 14.1. The molecule has 1 atom stereocenters. The van der Waals surface area contributed by atoms with E-state index in [4.69, 9.17) is 37.6 Å². The van der Waals surface area contributed by atoms with Crippen LogP contribution in [0.3, 0.4) is 0 Å². The summed E-state index contributed by atoms with van der Waals surface area (Å²) < 4.78 is 11.0. The van der Waals surface area contributed by atoms with Gasteiger partial charge in [-0.25, -0.2) is 9.97 Å². The van der Waals surface area contributed by atoms with Crippen molar-refractivity contribution in [3.8, 4) is 5.75 Å². The van der Waals surface area contributed by atoms with E-state index in [0.29, 0.717) is 18.9 Å². The minimum absolute atomic E-state index is 0.0580. The molecular formula is C24H34ClIN8O5. The summed E-state index contributed by atoms with van der Waals surface area (Å²) in [6.45, 7) is 2.81. The van der Waals surface area contributed by atoms with E-state index in [9.17, 15) is 9.59 Å². The lowest BCUT2D eigenvalue weighted by atomic mass is 10.1. The molecular weight excluding hydrogens is 643 g/mol. The first-order valence-electron chi connectivity index (χ1n) is 12.5. The molecule has 1 aliphatic heterocycles. The zero-order valence-electron chi connectivity index (χ0n) is 21.4. The second-order valence-electron chi connectivity index (χ2n) is 8.69. The molecule has 0 saturated carbocycles. The number of amides is 2. The van der Waals surface area contributed by atoms with Crippen LogP contribution >= 0.6 is 34.2 Å². The zero-order chi connectivity index (χ0) is 28.2. The van der Waals surface area contributed by atoms with Gasteiger partial charge in [0.05, 0.1) is 23.9 Å². The Labute approximate surface area is 245 Å². The van der Waals surface area contributed by atoms with Gasteiger partial charge in [0, 0.05) is 30.9 Å². The van der Waals surface area contributed by atoms with E-state index in [1.54, 1.807) is 6.07 Å². The fourth-order valence-corrected chi connectivity index (χ4v) is 4.82. The molecule has 0 aliphatic carbocycles. The number of hydrogen-bond acceptors (Lipinski definition) is 11. The molecule has 15 heteroatoms. The number of aromatic nitrogens is 2. The number of nitrogens with one attached hydrogen (secondary N) is 3. The lowest BCUT2D eigenvalue weighted by Crippen LogP contribution is -2.44. The molecule has 2 amide bonds. The lowest BCUT2D eigenvalue weighted by Gasteiger charge is -2.30. The van der Waals surface area contributed by atoms with E-state index in [1.807, 2.05) is 23.1 Å². The van der Waals surface area contributed by atoms with Gasteiger partial charge in [-0.15, -0.1) is 0 Å². The minimum atomic E-state index is -0.545. The van der Waals surface area contributed by atoms with Gasteiger partial charge in [-0.05, 0) is 38.1 Å². The Bertz CT molecular complexity index is 1110. The molecule has 0 radical (unpaired) electrons. The van der Waals surface area contributed by atoms with Gasteiger partial charge in [0.1, 0.15) is 5.75 Å². The summed E-state index contributed by atoms with van der Waals surface area (Å²) in [5.74, 6) is -0.361. The molecule has 0 spiro atoms. The van der Waals surface area contributed by atoms with Crippen molar-refractivity contribution in [2.75, 3.05) is 69.0 Å². The Balaban J connectivity index is 1.63. The van der Waals surface area contributed by atoms with E-state index in [1.165, 1.54) is 0 Å². The van der Waals surface area contributed by atoms with Crippen LogP contribution in [0.4, 0.5) is 17.3 Å². The first-order valence-corrected chi connectivity index (χ1v) is 14.1. The van der Waals surface area contributed by atoms with Gasteiger partial charge in [0.2, 0.25) is 0 Å². The predicted octanol–water partition coefficient (Wildman–Crippen LogP) is 0.548. The molecule has 3 rings (SSSR count). The van der Waals surface area contributed by atoms with Crippen molar-refractivity contribution in [3.63, 3.8) is 0 Å². The summed E-state index contributed by atoms with van der Waals surface area (Å²) in [4.78, 5) is 34.9. The summed E-state index contributed by atoms with van der Waals surface area (Å²) in [7, 11) is 0. The average Bonchev–Trinajstić information content (AvgIpc) is 2.93. The fourth-order valence-electron chi connectivity index (χ4n) is 3.88. The van der Waals surface area contributed by atoms with Crippen LogP contribution in [0, 0.1) is 0 Å². The van der Waals surface area contributed by atoms with E-state index >= 15 is 0 Å². The average molecular weight is 677 g/mol. The Morgan fingerprint density at radius 3 is 2.74 bits per heavy atom. The molecule has 1 aromatic carbocycles. The molecule has 1 aromatic heterocycles. The van der Waals surface area contributed by atoms with Crippen molar-refractivity contribution in [1.82, 2.24) is 25.9 Å². The van der Waals surface area contributed by atoms with Gasteiger partial charge in [0.15, 0.2) is 29.1 Å².